The van der Waals surface area contributed by atoms with Gasteiger partial charge in [0.05, 0.1) is 5.69 Å². The van der Waals surface area contributed by atoms with Crippen LogP contribution in [0, 0.1) is 6.92 Å². The van der Waals surface area contributed by atoms with Crippen LogP contribution in [0.5, 0.6) is 0 Å². The molecule has 0 fully saturated rings. The van der Waals surface area contributed by atoms with Crippen LogP contribution in [0.4, 0.5) is 0 Å². The zero-order chi connectivity index (χ0) is 12.3. The van der Waals surface area contributed by atoms with E-state index in [0.29, 0.717) is 0 Å². The third-order valence-corrected chi connectivity index (χ3v) is 2.43. The largest absolute Gasteiger partial charge is 0.382 e. The van der Waals surface area contributed by atoms with Crippen molar-refractivity contribution < 1.29 is 14.0 Å². The molecule has 4 heteroatoms. The van der Waals surface area contributed by atoms with E-state index in [1.165, 1.54) is 0 Å². The van der Waals surface area contributed by atoms with Crippen LogP contribution in [-0.2, 0) is 15.9 Å². The van der Waals surface area contributed by atoms with Crippen LogP contribution in [0.15, 0.2) is 10.6 Å². The number of aromatic nitrogens is 1. The fraction of sp³-hybridized carbons (Fsp3) is 0.769. The maximum absolute atomic E-state index is 5.53. The summed E-state index contributed by atoms with van der Waals surface area (Å²) >= 11 is 0. The highest BCUT2D eigenvalue weighted by Crippen LogP contribution is 2.04. The first-order chi connectivity index (χ1) is 8.33. The predicted octanol–water partition coefficient (Wildman–Crippen LogP) is 2.75. The first-order valence-electron chi connectivity index (χ1n) is 6.40. The van der Waals surface area contributed by atoms with Crippen molar-refractivity contribution in [1.82, 2.24) is 5.16 Å². The van der Waals surface area contributed by atoms with Gasteiger partial charge < -0.3 is 14.0 Å². The summed E-state index contributed by atoms with van der Waals surface area (Å²) in [6.45, 7) is 7.19. The number of hydrogen-bond donors (Lipinski definition) is 0. The molecule has 0 aliphatic carbocycles. The fourth-order valence-electron chi connectivity index (χ4n) is 1.55. The monoisotopic (exact) mass is 241 g/mol. The van der Waals surface area contributed by atoms with Gasteiger partial charge in [0.1, 0.15) is 5.76 Å². The number of ether oxygens (including phenoxy) is 2. The van der Waals surface area contributed by atoms with Crippen LogP contribution >= 0.6 is 0 Å². The molecule has 98 valence electrons. The Morgan fingerprint density at radius 1 is 1.12 bits per heavy atom. The fourth-order valence-corrected chi connectivity index (χ4v) is 1.55. The van der Waals surface area contributed by atoms with E-state index in [0.717, 1.165) is 63.6 Å². The number of aryl methyl sites for hydroxylation is 2. The zero-order valence-corrected chi connectivity index (χ0v) is 10.9. The van der Waals surface area contributed by atoms with Crippen molar-refractivity contribution in [2.75, 3.05) is 26.4 Å². The summed E-state index contributed by atoms with van der Waals surface area (Å²) in [4.78, 5) is 0. The molecule has 0 saturated carbocycles. The first-order valence-corrected chi connectivity index (χ1v) is 6.40. The average Bonchev–Trinajstić information content (AvgIpc) is 2.73. The molecule has 4 nitrogen and oxygen atoms in total. The van der Waals surface area contributed by atoms with E-state index < -0.39 is 0 Å². The molecular weight excluding hydrogens is 218 g/mol. The molecule has 0 radical (unpaired) electrons. The lowest BCUT2D eigenvalue weighted by Gasteiger charge is -2.03. The Morgan fingerprint density at radius 2 is 1.82 bits per heavy atom. The molecule has 17 heavy (non-hydrogen) atoms. The SMILES string of the molecule is CCOCCCCOCCCc1cc(C)on1. The summed E-state index contributed by atoms with van der Waals surface area (Å²) in [7, 11) is 0. The third kappa shape index (κ3) is 7.13. The van der Waals surface area contributed by atoms with Gasteiger partial charge in [0.15, 0.2) is 0 Å². The minimum Gasteiger partial charge on any atom is -0.382 e. The summed E-state index contributed by atoms with van der Waals surface area (Å²) in [5.74, 6) is 0.872. The predicted molar refractivity (Wildman–Crippen MR) is 66.1 cm³/mol. The van der Waals surface area contributed by atoms with Crippen LogP contribution in [0.3, 0.4) is 0 Å². The molecule has 1 heterocycles. The Kier molecular flexibility index (Phi) is 7.67. The highest BCUT2D eigenvalue weighted by Gasteiger charge is 1.99. The topological polar surface area (TPSA) is 44.5 Å². The standard InChI is InChI=1S/C13H23NO3/c1-3-15-8-4-5-9-16-10-6-7-13-11-12(2)17-14-13/h11H,3-10H2,1-2H3. The van der Waals surface area contributed by atoms with Crippen molar-refractivity contribution in [3.8, 4) is 0 Å². The van der Waals surface area contributed by atoms with E-state index in [2.05, 4.69) is 5.16 Å². The summed E-state index contributed by atoms with van der Waals surface area (Å²) in [6.07, 6.45) is 4.08. The van der Waals surface area contributed by atoms with Gasteiger partial charge in [-0.05, 0) is 39.5 Å². The summed E-state index contributed by atoms with van der Waals surface area (Å²) in [5.41, 5.74) is 1.02. The van der Waals surface area contributed by atoms with Gasteiger partial charge in [-0.3, -0.25) is 0 Å². The minimum atomic E-state index is 0.792. The molecule has 1 aromatic heterocycles. The highest BCUT2D eigenvalue weighted by atomic mass is 16.5. The second kappa shape index (κ2) is 9.19. The van der Waals surface area contributed by atoms with Gasteiger partial charge in [0.25, 0.3) is 0 Å². The van der Waals surface area contributed by atoms with Gasteiger partial charge in [-0.2, -0.15) is 0 Å². The van der Waals surface area contributed by atoms with Crippen molar-refractivity contribution in [1.29, 1.82) is 0 Å². The van der Waals surface area contributed by atoms with Crippen molar-refractivity contribution in [2.24, 2.45) is 0 Å². The number of nitrogens with zero attached hydrogens (tertiary/aromatic N) is 1. The van der Waals surface area contributed by atoms with E-state index in [1.807, 2.05) is 19.9 Å². The van der Waals surface area contributed by atoms with Gasteiger partial charge in [0.2, 0.25) is 0 Å². The zero-order valence-electron chi connectivity index (χ0n) is 10.9. The number of rotatable bonds is 10. The van der Waals surface area contributed by atoms with Crippen LogP contribution in [0.25, 0.3) is 0 Å². The van der Waals surface area contributed by atoms with Crippen molar-refractivity contribution in [3.05, 3.63) is 17.5 Å². The van der Waals surface area contributed by atoms with Crippen LogP contribution < -0.4 is 0 Å². The van der Waals surface area contributed by atoms with Crippen molar-refractivity contribution in [2.45, 2.75) is 39.5 Å². The Labute approximate surface area is 103 Å². The molecule has 1 rings (SSSR count). The highest BCUT2D eigenvalue weighted by molar-refractivity contribution is 5.03. The van der Waals surface area contributed by atoms with Gasteiger partial charge in [-0.15, -0.1) is 0 Å². The van der Waals surface area contributed by atoms with Crippen molar-refractivity contribution in [3.63, 3.8) is 0 Å². The molecule has 0 N–H and O–H groups in total. The van der Waals surface area contributed by atoms with Gasteiger partial charge in [-0.25, -0.2) is 0 Å². The molecule has 0 aliphatic rings. The lowest BCUT2D eigenvalue weighted by atomic mass is 10.2. The van der Waals surface area contributed by atoms with E-state index in [1.54, 1.807) is 0 Å². The average molecular weight is 241 g/mol. The van der Waals surface area contributed by atoms with E-state index >= 15 is 0 Å². The van der Waals surface area contributed by atoms with Gasteiger partial charge >= 0.3 is 0 Å². The molecule has 0 aliphatic heterocycles. The van der Waals surface area contributed by atoms with E-state index in [4.69, 9.17) is 14.0 Å². The molecule has 0 atom stereocenters. The van der Waals surface area contributed by atoms with Gasteiger partial charge in [-0.1, -0.05) is 5.16 Å². The summed E-state index contributed by atoms with van der Waals surface area (Å²) in [6, 6.07) is 1.97. The lowest BCUT2D eigenvalue weighted by molar-refractivity contribution is 0.106. The minimum absolute atomic E-state index is 0.792. The quantitative estimate of drug-likeness (QED) is 0.591. The second-order valence-electron chi connectivity index (χ2n) is 4.05. The Hall–Kier alpha value is -0.870. The first kappa shape index (κ1) is 14.2. The molecule has 1 aromatic rings. The summed E-state index contributed by atoms with van der Waals surface area (Å²) in [5, 5.41) is 3.94. The summed E-state index contributed by atoms with van der Waals surface area (Å²) < 4.78 is 15.8. The Morgan fingerprint density at radius 3 is 2.47 bits per heavy atom. The van der Waals surface area contributed by atoms with E-state index in [-0.39, 0.29) is 0 Å². The molecule has 0 saturated heterocycles. The molecule has 0 bridgehead atoms. The smallest absolute Gasteiger partial charge is 0.133 e. The maximum Gasteiger partial charge on any atom is 0.133 e. The third-order valence-electron chi connectivity index (χ3n) is 2.43. The van der Waals surface area contributed by atoms with Crippen LogP contribution in [0.2, 0.25) is 0 Å². The normalized spacial score (nSPS) is 10.9. The maximum atomic E-state index is 5.53. The lowest BCUT2D eigenvalue weighted by Crippen LogP contribution is -2.01. The second-order valence-corrected chi connectivity index (χ2v) is 4.05. The molecule has 0 spiro atoms. The molecule has 0 amide bonds. The Balaban J connectivity index is 1.84. The van der Waals surface area contributed by atoms with E-state index in [9.17, 15) is 0 Å². The van der Waals surface area contributed by atoms with Crippen LogP contribution in [0.1, 0.15) is 37.6 Å². The van der Waals surface area contributed by atoms with Crippen molar-refractivity contribution >= 4 is 0 Å². The molecular formula is C13H23NO3. The van der Waals surface area contributed by atoms with Crippen LogP contribution in [-0.4, -0.2) is 31.6 Å². The molecule has 0 unspecified atom stereocenters. The number of hydrogen-bond acceptors (Lipinski definition) is 4. The van der Waals surface area contributed by atoms with Gasteiger partial charge in [0, 0.05) is 32.5 Å². The number of unbranched alkanes of at least 4 members (excludes halogenated alkanes) is 1. The molecule has 0 aromatic carbocycles. The Bertz CT molecular complexity index is 286.